The Kier molecular flexibility index (Phi) is 4.79. The summed E-state index contributed by atoms with van der Waals surface area (Å²) in [6.07, 6.45) is 2.81. The van der Waals surface area contributed by atoms with Gasteiger partial charge in [0.05, 0.1) is 0 Å². The van der Waals surface area contributed by atoms with Gasteiger partial charge in [-0.2, -0.15) is 0 Å². The van der Waals surface area contributed by atoms with Gasteiger partial charge in [-0.25, -0.2) is 0 Å². The van der Waals surface area contributed by atoms with E-state index < -0.39 is 0 Å². The zero-order chi connectivity index (χ0) is 12.8. The van der Waals surface area contributed by atoms with Crippen molar-refractivity contribution in [1.29, 1.82) is 0 Å². The number of nitrogens with zero attached hydrogens (tertiary/aromatic N) is 1. The van der Waals surface area contributed by atoms with Gasteiger partial charge in [0.25, 0.3) is 0 Å². The lowest BCUT2D eigenvalue weighted by Gasteiger charge is -1.99. The molecule has 91 valence electrons. The fourth-order valence-corrected chi connectivity index (χ4v) is 1.86. The van der Waals surface area contributed by atoms with E-state index in [-0.39, 0.29) is 0 Å². The van der Waals surface area contributed by atoms with Crippen molar-refractivity contribution in [3.05, 3.63) is 69.2 Å². The highest BCUT2D eigenvalue weighted by Gasteiger charge is 1.93. The zero-order valence-electron chi connectivity index (χ0n) is 9.44. The van der Waals surface area contributed by atoms with Crippen LogP contribution in [-0.4, -0.2) is 6.21 Å². The van der Waals surface area contributed by atoms with Crippen molar-refractivity contribution in [1.82, 2.24) is 0 Å². The van der Waals surface area contributed by atoms with Crippen molar-refractivity contribution in [2.45, 2.75) is 6.61 Å². The normalized spacial score (nSPS) is 10.8. The molecule has 0 saturated carbocycles. The molecule has 4 heteroatoms. The fourth-order valence-electron chi connectivity index (χ4n) is 1.33. The van der Waals surface area contributed by atoms with Gasteiger partial charge in [0, 0.05) is 15.1 Å². The first-order valence-electron chi connectivity index (χ1n) is 5.32. The van der Waals surface area contributed by atoms with Gasteiger partial charge in [-0.15, -0.1) is 0 Å². The van der Waals surface area contributed by atoms with Gasteiger partial charge in [-0.05, 0) is 29.8 Å². The molecule has 0 bridgehead atoms. The second kappa shape index (κ2) is 6.57. The van der Waals surface area contributed by atoms with E-state index in [1.165, 1.54) is 0 Å². The van der Waals surface area contributed by atoms with E-state index in [0.29, 0.717) is 11.6 Å². The molecule has 1 radical (unpaired) electrons. The Morgan fingerprint density at radius 2 is 1.94 bits per heavy atom. The monoisotopic (exact) mass is 322 g/mol. The Balaban J connectivity index is 1.87. The van der Waals surface area contributed by atoms with E-state index in [0.717, 1.165) is 15.6 Å². The third-order valence-electron chi connectivity index (χ3n) is 2.21. The summed E-state index contributed by atoms with van der Waals surface area (Å²) in [6, 6.07) is 15.1. The Labute approximate surface area is 119 Å². The number of rotatable bonds is 4. The van der Waals surface area contributed by atoms with Gasteiger partial charge >= 0.3 is 0 Å². The van der Waals surface area contributed by atoms with Crippen molar-refractivity contribution < 1.29 is 4.84 Å². The minimum absolute atomic E-state index is 0.401. The van der Waals surface area contributed by atoms with E-state index in [4.69, 9.17) is 16.4 Å². The standard InChI is InChI=1S/C14H10BrClNO/c15-13-3-1-2-12(8-13)9-17-18-10-11-4-6-14(16)7-5-11/h1-8H,10H2. The summed E-state index contributed by atoms with van der Waals surface area (Å²) in [5.41, 5.74) is 1.87. The maximum atomic E-state index is 5.79. The molecular weight excluding hydrogens is 314 g/mol. The topological polar surface area (TPSA) is 21.6 Å². The molecule has 0 aromatic heterocycles. The Morgan fingerprint density at radius 3 is 2.67 bits per heavy atom. The molecular formula is C14H10BrClNO. The maximum absolute atomic E-state index is 5.79. The minimum atomic E-state index is 0.401. The predicted molar refractivity (Wildman–Crippen MR) is 76.9 cm³/mol. The van der Waals surface area contributed by atoms with Crippen LogP contribution in [0, 0.1) is 0 Å². The molecule has 2 aromatic carbocycles. The summed E-state index contributed by atoms with van der Waals surface area (Å²) in [5, 5.41) is 4.51. The molecule has 0 amide bonds. The minimum Gasteiger partial charge on any atom is -0.390 e. The summed E-state index contributed by atoms with van der Waals surface area (Å²) in [6.45, 7) is 0.401. The van der Waals surface area contributed by atoms with Crippen LogP contribution < -0.4 is 0 Å². The molecule has 0 unspecified atom stereocenters. The molecule has 0 fully saturated rings. The van der Waals surface area contributed by atoms with Crippen LogP contribution in [0.2, 0.25) is 5.02 Å². The van der Waals surface area contributed by atoms with Gasteiger partial charge in [-0.1, -0.05) is 57.0 Å². The van der Waals surface area contributed by atoms with Gasteiger partial charge in [0.15, 0.2) is 0 Å². The highest BCUT2D eigenvalue weighted by Crippen LogP contribution is 2.11. The molecule has 0 saturated heterocycles. The molecule has 18 heavy (non-hydrogen) atoms. The highest BCUT2D eigenvalue weighted by molar-refractivity contribution is 9.10. The van der Waals surface area contributed by atoms with Crippen LogP contribution in [-0.2, 0) is 11.4 Å². The molecule has 0 N–H and O–H groups in total. The SMILES string of the molecule is Clc1ccc(CO/N=[C]\c2cccc(Br)c2)cc1. The molecule has 2 aromatic rings. The zero-order valence-corrected chi connectivity index (χ0v) is 11.8. The lowest BCUT2D eigenvalue weighted by Crippen LogP contribution is -1.88. The quantitative estimate of drug-likeness (QED) is 0.598. The van der Waals surface area contributed by atoms with E-state index in [9.17, 15) is 0 Å². The predicted octanol–water partition coefficient (Wildman–Crippen LogP) is 4.53. The average Bonchev–Trinajstić information content (AvgIpc) is 2.37. The van der Waals surface area contributed by atoms with Gasteiger partial charge < -0.3 is 4.84 Å². The van der Waals surface area contributed by atoms with Gasteiger partial charge in [0.2, 0.25) is 0 Å². The number of hydrogen-bond acceptors (Lipinski definition) is 2. The third kappa shape index (κ3) is 4.17. The van der Waals surface area contributed by atoms with Crippen molar-refractivity contribution in [2.75, 3.05) is 0 Å². The molecule has 0 spiro atoms. The smallest absolute Gasteiger partial charge is 0.142 e. The van der Waals surface area contributed by atoms with Crippen molar-refractivity contribution in [3.8, 4) is 0 Å². The number of halogens is 2. The van der Waals surface area contributed by atoms with Crippen LogP contribution in [0.15, 0.2) is 58.2 Å². The lowest BCUT2D eigenvalue weighted by molar-refractivity contribution is 0.132. The first kappa shape index (κ1) is 13.1. The molecule has 2 rings (SSSR count). The summed E-state index contributed by atoms with van der Waals surface area (Å²) in [5.74, 6) is 0. The summed E-state index contributed by atoms with van der Waals surface area (Å²) in [4.78, 5) is 5.16. The van der Waals surface area contributed by atoms with Crippen LogP contribution >= 0.6 is 27.5 Å². The van der Waals surface area contributed by atoms with E-state index >= 15 is 0 Å². The lowest BCUT2D eigenvalue weighted by atomic mass is 10.2. The molecule has 0 atom stereocenters. The van der Waals surface area contributed by atoms with Gasteiger partial charge in [0.1, 0.15) is 12.8 Å². The Hall–Kier alpha value is -1.32. The number of benzene rings is 2. The second-order valence-electron chi connectivity index (χ2n) is 3.61. The average molecular weight is 324 g/mol. The number of hydrogen-bond donors (Lipinski definition) is 0. The fraction of sp³-hybridized carbons (Fsp3) is 0.0714. The van der Waals surface area contributed by atoms with Crippen LogP contribution in [0.1, 0.15) is 11.1 Å². The van der Waals surface area contributed by atoms with Crippen molar-refractivity contribution >= 4 is 33.7 Å². The molecule has 0 aliphatic carbocycles. The van der Waals surface area contributed by atoms with Crippen molar-refractivity contribution in [2.24, 2.45) is 5.16 Å². The molecule has 2 nitrogen and oxygen atoms in total. The van der Waals surface area contributed by atoms with E-state index in [2.05, 4.69) is 27.3 Å². The second-order valence-corrected chi connectivity index (χ2v) is 4.97. The van der Waals surface area contributed by atoms with Crippen molar-refractivity contribution in [3.63, 3.8) is 0 Å². The third-order valence-corrected chi connectivity index (χ3v) is 2.95. The van der Waals surface area contributed by atoms with Crippen LogP contribution in [0.5, 0.6) is 0 Å². The summed E-state index contributed by atoms with van der Waals surface area (Å²) in [7, 11) is 0. The van der Waals surface area contributed by atoms with E-state index in [1.54, 1.807) is 0 Å². The van der Waals surface area contributed by atoms with Gasteiger partial charge in [-0.3, -0.25) is 0 Å². The molecule has 0 aliphatic heterocycles. The summed E-state index contributed by atoms with van der Waals surface area (Å²) < 4.78 is 0.986. The Bertz CT molecular complexity index is 540. The molecule has 0 aliphatic rings. The maximum Gasteiger partial charge on any atom is 0.142 e. The first-order chi connectivity index (χ1) is 8.74. The Morgan fingerprint density at radius 1 is 1.17 bits per heavy atom. The highest BCUT2D eigenvalue weighted by atomic mass is 79.9. The molecule has 0 heterocycles. The first-order valence-corrected chi connectivity index (χ1v) is 6.49. The van der Waals surface area contributed by atoms with Crippen LogP contribution in [0.4, 0.5) is 0 Å². The largest absolute Gasteiger partial charge is 0.390 e. The van der Waals surface area contributed by atoms with E-state index in [1.807, 2.05) is 48.5 Å². The van der Waals surface area contributed by atoms with Crippen LogP contribution in [0.25, 0.3) is 0 Å². The van der Waals surface area contributed by atoms with Crippen LogP contribution in [0.3, 0.4) is 0 Å². The summed E-state index contributed by atoms with van der Waals surface area (Å²) >= 11 is 9.17.